The van der Waals surface area contributed by atoms with Crippen molar-refractivity contribution in [2.45, 2.75) is 6.92 Å². The summed E-state index contributed by atoms with van der Waals surface area (Å²) in [6, 6.07) is 7.98. The minimum atomic E-state index is -0.401. The van der Waals surface area contributed by atoms with Crippen LogP contribution in [0.15, 0.2) is 42.7 Å². The molecule has 0 fully saturated rings. The van der Waals surface area contributed by atoms with Crippen molar-refractivity contribution in [3.05, 3.63) is 59.3 Å². The van der Waals surface area contributed by atoms with E-state index in [1.165, 1.54) is 18.2 Å². The Morgan fingerprint density at radius 2 is 1.89 bits per heavy atom. The van der Waals surface area contributed by atoms with E-state index in [2.05, 4.69) is 31.1 Å². The first kappa shape index (κ1) is 19.0. The number of rotatable bonds is 7. The van der Waals surface area contributed by atoms with Crippen LogP contribution < -0.4 is 16.0 Å². The Morgan fingerprint density at radius 3 is 2.70 bits per heavy atom. The maximum absolute atomic E-state index is 14.2. The first-order chi connectivity index (χ1) is 13.1. The molecule has 0 aliphatic heterocycles. The van der Waals surface area contributed by atoms with Crippen LogP contribution in [-0.4, -0.2) is 35.3 Å². The molecule has 0 unspecified atom stereocenters. The number of pyridine rings is 1. The van der Waals surface area contributed by atoms with Gasteiger partial charge in [0.15, 0.2) is 0 Å². The Bertz CT molecular complexity index is 934. The van der Waals surface area contributed by atoms with E-state index in [0.29, 0.717) is 22.0 Å². The van der Waals surface area contributed by atoms with Gasteiger partial charge in [-0.1, -0.05) is 11.6 Å². The van der Waals surface area contributed by atoms with Crippen LogP contribution in [0, 0.1) is 12.7 Å². The van der Waals surface area contributed by atoms with Gasteiger partial charge in [-0.05, 0) is 44.3 Å². The SMILES string of the molecule is CNCCNc1cnccc1Nc1cc(-c2cc(Cl)ccc2F)nnc1C. The van der Waals surface area contributed by atoms with Gasteiger partial charge in [-0.3, -0.25) is 4.98 Å². The number of anilines is 3. The summed E-state index contributed by atoms with van der Waals surface area (Å²) in [7, 11) is 1.90. The maximum Gasteiger partial charge on any atom is 0.132 e. The number of aryl methyl sites for hydroxylation is 1. The fourth-order valence-electron chi connectivity index (χ4n) is 2.52. The Kier molecular flexibility index (Phi) is 6.16. The molecule has 2 aromatic heterocycles. The molecule has 2 heterocycles. The van der Waals surface area contributed by atoms with Gasteiger partial charge in [0.25, 0.3) is 0 Å². The number of likely N-dealkylation sites (N-methyl/N-ethyl adjacent to an activating group) is 1. The molecular weight excluding hydrogens is 367 g/mol. The van der Waals surface area contributed by atoms with Crippen LogP contribution in [0.5, 0.6) is 0 Å². The number of hydrogen-bond donors (Lipinski definition) is 3. The topological polar surface area (TPSA) is 74.8 Å². The van der Waals surface area contributed by atoms with Crippen LogP contribution in [0.1, 0.15) is 5.69 Å². The highest BCUT2D eigenvalue weighted by Crippen LogP contribution is 2.30. The largest absolute Gasteiger partial charge is 0.381 e. The normalized spacial score (nSPS) is 10.7. The average molecular weight is 387 g/mol. The van der Waals surface area contributed by atoms with E-state index in [0.717, 1.165) is 30.2 Å². The second-order valence-corrected chi connectivity index (χ2v) is 6.37. The van der Waals surface area contributed by atoms with Crippen molar-refractivity contribution in [2.75, 3.05) is 30.8 Å². The van der Waals surface area contributed by atoms with Gasteiger partial charge in [-0.2, -0.15) is 10.2 Å². The summed E-state index contributed by atoms with van der Waals surface area (Å²) < 4.78 is 14.2. The van der Waals surface area contributed by atoms with Gasteiger partial charge in [0.05, 0.1) is 34.6 Å². The zero-order chi connectivity index (χ0) is 19.2. The molecule has 3 rings (SSSR count). The number of aromatic nitrogens is 3. The van der Waals surface area contributed by atoms with Crippen molar-refractivity contribution in [3.63, 3.8) is 0 Å². The quantitative estimate of drug-likeness (QED) is 0.533. The summed E-state index contributed by atoms with van der Waals surface area (Å²) in [5.41, 5.74) is 3.83. The molecule has 0 aliphatic rings. The van der Waals surface area contributed by atoms with Crippen molar-refractivity contribution in [3.8, 4) is 11.3 Å². The van der Waals surface area contributed by atoms with Gasteiger partial charge in [0.1, 0.15) is 5.82 Å². The third-order valence-corrected chi connectivity index (χ3v) is 4.20. The van der Waals surface area contributed by atoms with Crippen LogP contribution in [-0.2, 0) is 0 Å². The predicted molar refractivity (Wildman–Crippen MR) is 107 cm³/mol. The van der Waals surface area contributed by atoms with Crippen molar-refractivity contribution < 1.29 is 4.39 Å². The smallest absolute Gasteiger partial charge is 0.132 e. The van der Waals surface area contributed by atoms with Crippen molar-refractivity contribution in [1.29, 1.82) is 0 Å². The number of halogens is 2. The number of hydrogen-bond acceptors (Lipinski definition) is 6. The second-order valence-electron chi connectivity index (χ2n) is 5.93. The highest BCUT2D eigenvalue weighted by atomic mass is 35.5. The third-order valence-electron chi connectivity index (χ3n) is 3.96. The van der Waals surface area contributed by atoms with E-state index >= 15 is 0 Å². The van der Waals surface area contributed by atoms with Gasteiger partial charge in [0.2, 0.25) is 0 Å². The third kappa shape index (κ3) is 4.69. The molecule has 0 radical (unpaired) electrons. The van der Waals surface area contributed by atoms with Crippen LogP contribution in [0.3, 0.4) is 0 Å². The van der Waals surface area contributed by atoms with Crippen LogP contribution in [0.25, 0.3) is 11.3 Å². The first-order valence-electron chi connectivity index (χ1n) is 8.47. The summed E-state index contributed by atoms with van der Waals surface area (Å²) >= 11 is 6.00. The van der Waals surface area contributed by atoms with Crippen LogP contribution in [0.4, 0.5) is 21.5 Å². The highest BCUT2D eigenvalue weighted by molar-refractivity contribution is 6.30. The van der Waals surface area contributed by atoms with E-state index < -0.39 is 5.82 Å². The van der Waals surface area contributed by atoms with E-state index in [1.54, 1.807) is 18.5 Å². The van der Waals surface area contributed by atoms with Gasteiger partial charge in [0, 0.05) is 29.9 Å². The van der Waals surface area contributed by atoms with Crippen molar-refractivity contribution in [2.24, 2.45) is 0 Å². The Balaban J connectivity index is 1.91. The fraction of sp³-hybridized carbons (Fsp3) is 0.211. The Labute approximate surface area is 162 Å². The van der Waals surface area contributed by atoms with Gasteiger partial charge in [-0.25, -0.2) is 4.39 Å². The van der Waals surface area contributed by atoms with Crippen LogP contribution in [0.2, 0.25) is 5.02 Å². The summed E-state index contributed by atoms with van der Waals surface area (Å²) in [5.74, 6) is -0.401. The van der Waals surface area contributed by atoms with E-state index in [9.17, 15) is 4.39 Å². The van der Waals surface area contributed by atoms with Crippen LogP contribution >= 0.6 is 11.6 Å². The Morgan fingerprint density at radius 1 is 1.04 bits per heavy atom. The molecule has 0 aliphatic carbocycles. The van der Waals surface area contributed by atoms with E-state index in [-0.39, 0.29) is 0 Å². The lowest BCUT2D eigenvalue weighted by atomic mass is 10.1. The second kappa shape index (κ2) is 8.75. The molecule has 0 saturated carbocycles. The molecule has 0 amide bonds. The minimum absolute atomic E-state index is 0.306. The lowest BCUT2D eigenvalue weighted by Crippen LogP contribution is -2.18. The molecule has 0 saturated heterocycles. The van der Waals surface area contributed by atoms with Gasteiger partial charge >= 0.3 is 0 Å². The monoisotopic (exact) mass is 386 g/mol. The summed E-state index contributed by atoms with van der Waals surface area (Å²) in [6.45, 7) is 3.41. The zero-order valence-electron chi connectivity index (χ0n) is 15.1. The van der Waals surface area contributed by atoms with E-state index in [4.69, 9.17) is 11.6 Å². The lowest BCUT2D eigenvalue weighted by molar-refractivity contribution is 0.630. The maximum atomic E-state index is 14.2. The molecule has 0 spiro atoms. The summed E-state index contributed by atoms with van der Waals surface area (Å²) in [5, 5.41) is 18.4. The van der Waals surface area contributed by atoms with Gasteiger partial charge < -0.3 is 16.0 Å². The van der Waals surface area contributed by atoms with Crippen molar-refractivity contribution >= 4 is 28.7 Å². The zero-order valence-corrected chi connectivity index (χ0v) is 15.8. The Hall–Kier alpha value is -2.77. The lowest BCUT2D eigenvalue weighted by Gasteiger charge is -2.15. The molecular formula is C19H20ClFN6. The molecule has 0 atom stereocenters. The molecule has 1 aromatic carbocycles. The number of benzene rings is 1. The standard InChI is InChI=1S/C19H20ClFN6/c1-12-17(25-16-5-6-23-11-19(16)24-8-7-22-2)10-18(27-26-12)14-9-13(20)3-4-15(14)21/h3-6,9-11,22,24H,7-8H2,1-2H3,(H,23,25,27). The fourth-order valence-corrected chi connectivity index (χ4v) is 2.69. The van der Waals surface area contributed by atoms with Gasteiger partial charge in [-0.15, -0.1) is 0 Å². The molecule has 0 bridgehead atoms. The number of nitrogens with zero attached hydrogens (tertiary/aromatic N) is 3. The average Bonchev–Trinajstić information content (AvgIpc) is 2.67. The molecule has 8 heteroatoms. The highest BCUT2D eigenvalue weighted by Gasteiger charge is 2.12. The summed E-state index contributed by atoms with van der Waals surface area (Å²) in [6.07, 6.45) is 3.45. The molecule has 3 aromatic rings. The minimum Gasteiger partial charge on any atom is -0.381 e. The molecule has 140 valence electrons. The van der Waals surface area contributed by atoms with Crippen molar-refractivity contribution in [1.82, 2.24) is 20.5 Å². The first-order valence-corrected chi connectivity index (χ1v) is 8.85. The summed E-state index contributed by atoms with van der Waals surface area (Å²) in [4.78, 5) is 4.16. The number of nitrogens with one attached hydrogen (secondary N) is 3. The predicted octanol–water partition coefficient (Wildman–Crippen LogP) is 4.01. The molecule has 6 nitrogen and oxygen atoms in total. The van der Waals surface area contributed by atoms with E-state index in [1.807, 2.05) is 20.0 Å². The molecule has 3 N–H and O–H groups in total. The molecule has 27 heavy (non-hydrogen) atoms.